The number of nitrogens with zero attached hydrogens (tertiary/aromatic N) is 2. The number of carbonyl (C=O) groups excluding carboxylic acids is 1. The summed E-state index contributed by atoms with van der Waals surface area (Å²) in [5, 5.41) is 0. The van der Waals surface area contributed by atoms with E-state index < -0.39 is 22.3 Å². The lowest BCUT2D eigenvalue weighted by atomic mass is 10.1. The van der Waals surface area contributed by atoms with Crippen LogP contribution in [-0.4, -0.2) is 62.8 Å². The van der Waals surface area contributed by atoms with E-state index in [2.05, 4.69) is 0 Å². The summed E-state index contributed by atoms with van der Waals surface area (Å²) in [7, 11) is -3.10. The summed E-state index contributed by atoms with van der Waals surface area (Å²) in [6, 6.07) is 4.59. The van der Waals surface area contributed by atoms with Gasteiger partial charge in [0.2, 0.25) is 0 Å². The number of hydrogen-bond donors (Lipinski definition) is 1. The summed E-state index contributed by atoms with van der Waals surface area (Å²) in [4.78, 5) is 15.6. The van der Waals surface area contributed by atoms with Crippen LogP contribution < -0.4 is 10.6 Å². The minimum absolute atomic E-state index is 0.0785. The monoisotopic (exact) mass is 359 g/mol. The Morgan fingerprint density at radius 1 is 1.17 bits per heavy atom. The second kappa shape index (κ2) is 5.87. The molecular weight excluding hydrogens is 340 g/mol. The van der Waals surface area contributed by atoms with Crippen molar-refractivity contribution in [2.45, 2.75) is 12.3 Å². The average molecular weight is 359 g/mol. The van der Waals surface area contributed by atoms with Crippen LogP contribution in [0.4, 0.5) is 20.2 Å². The Hall–Kier alpha value is -1.90. The van der Waals surface area contributed by atoms with Crippen LogP contribution in [0.5, 0.6) is 0 Å². The van der Waals surface area contributed by atoms with Gasteiger partial charge in [0.25, 0.3) is 11.8 Å². The van der Waals surface area contributed by atoms with E-state index in [4.69, 9.17) is 5.73 Å². The Morgan fingerprint density at radius 2 is 1.83 bits per heavy atom. The van der Waals surface area contributed by atoms with Crippen LogP contribution in [0.25, 0.3) is 0 Å². The van der Waals surface area contributed by atoms with Gasteiger partial charge in [-0.15, -0.1) is 0 Å². The fraction of sp³-hybridized carbons (Fsp3) is 0.533. The molecule has 1 aromatic rings. The zero-order chi connectivity index (χ0) is 17.5. The first-order chi connectivity index (χ1) is 11.2. The molecule has 0 bridgehead atoms. The van der Waals surface area contributed by atoms with Crippen LogP contribution in [0.3, 0.4) is 0 Å². The molecule has 9 heteroatoms. The summed E-state index contributed by atoms with van der Waals surface area (Å²) in [6.45, 7) is -0.0848. The Kier molecular flexibility index (Phi) is 4.15. The number of sulfone groups is 1. The fourth-order valence-corrected chi connectivity index (χ4v) is 4.22. The van der Waals surface area contributed by atoms with Crippen LogP contribution in [-0.2, 0) is 9.84 Å². The largest absolute Gasteiger partial charge is 0.399 e. The number of hydrogen-bond acceptors (Lipinski definition) is 5. The van der Waals surface area contributed by atoms with Crippen LogP contribution in [0, 0.1) is 0 Å². The minimum atomic E-state index is -3.10. The third-order valence-corrected chi connectivity index (χ3v) is 6.00. The van der Waals surface area contributed by atoms with Crippen LogP contribution in [0.1, 0.15) is 16.8 Å². The third kappa shape index (κ3) is 3.45. The highest BCUT2D eigenvalue weighted by Gasteiger charge is 2.39. The number of benzene rings is 1. The maximum atomic E-state index is 13.5. The topological polar surface area (TPSA) is 83.7 Å². The molecule has 2 aliphatic rings. The average Bonchev–Trinajstić information content (AvgIpc) is 2.86. The molecule has 0 aliphatic carbocycles. The van der Waals surface area contributed by atoms with Gasteiger partial charge < -0.3 is 15.5 Å². The zero-order valence-electron chi connectivity index (χ0n) is 13.0. The highest BCUT2D eigenvalue weighted by atomic mass is 32.2. The smallest absolute Gasteiger partial charge is 0.266 e. The van der Waals surface area contributed by atoms with E-state index in [-0.39, 0.29) is 49.0 Å². The van der Waals surface area contributed by atoms with Crippen molar-refractivity contribution in [2.75, 3.05) is 48.3 Å². The van der Waals surface area contributed by atoms with E-state index in [0.29, 0.717) is 11.4 Å². The van der Waals surface area contributed by atoms with E-state index in [1.54, 1.807) is 6.07 Å². The maximum Gasteiger partial charge on any atom is 0.266 e. The molecule has 2 aliphatic heterocycles. The molecule has 0 spiro atoms. The van der Waals surface area contributed by atoms with Crippen LogP contribution >= 0.6 is 0 Å². The molecule has 132 valence electrons. The SMILES string of the molecule is Nc1ccc(C(=O)N2CCS(=O)(=O)CC2)c(N2CCC(F)(F)C2)c1. The number of nitrogens with two attached hydrogens (primary N) is 1. The summed E-state index contributed by atoms with van der Waals surface area (Å²) < 4.78 is 50.0. The quantitative estimate of drug-likeness (QED) is 0.796. The first-order valence-electron chi connectivity index (χ1n) is 7.69. The molecular formula is C15H19F2N3O3S. The lowest BCUT2D eigenvalue weighted by molar-refractivity contribution is 0.0256. The Labute approximate surface area is 139 Å². The van der Waals surface area contributed by atoms with Gasteiger partial charge in [-0.1, -0.05) is 0 Å². The van der Waals surface area contributed by atoms with E-state index >= 15 is 0 Å². The van der Waals surface area contributed by atoms with Gasteiger partial charge in [-0.3, -0.25) is 4.79 Å². The Balaban J connectivity index is 1.87. The van der Waals surface area contributed by atoms with E-state index in [1.165, 1.54) is 21.9 Å². The van der Waals surface area contributed by atoms with Crippen molar-refractivity contribution in [1.29, 1.82) is 0 Å². The molecule has 6 nitrogen and oxygen atoms in total. The molecule has 1 aromatic carbocycles. The van der Waals surface area contributed by atoms with Gasteiger partial charge >= 0.3 is 0 Å². The van der Waals surface area contributed by atoms with Crippen LogP contribution in [0.15, 0.2) is 18.2 Å². The van der Waals surface area contributed by atoms with Crippen molar-refractivity contribution in [3.8, 4) is 0 Å². The van der Waals surface area contributed by atoms with E-state index in [9.17, 15) is 22.0 Å². The number of halogens is 2. The molecule has 0 atom stereocenters. The fourth-order valence-electron chi connectivity index (χ4n) is 3.02. The second-order valence-corrected chi connectivity index (χ2v) is 8.55. The minimum Gasteiger partial charge on any atom is -0.399 e. The molecule has 0 unspecified atom stereocenters. The van der Waals surface area contributed by atoms with E-state index in [1.807, 2.05) is 0 Å². The lowest BCUT2D eigenvalue weighted by Gasteiger charge is -2.29. The normalized spacial score (nSPS) is 22.6. The Morgan fingerprint density at radius 3 is 2.42 bits per heavy atom. The molecule has 2 N–H and O–H groups in total. The summed E-state index contributed by atoms with van der Waals surface area (Å²) in [5.74, 6) is -3.30. The number of anilines is 2. The van der Waals surface area contributed by atoms with Crippen molar-refractivity contribution in [3.05, 3.63) is 23.8 Å². The van der Waals surface area contributed by atoms with Gasteiger partial charge in [0, 0.05) is 31.7 Å². The molecule has 1 amide bonds. The van der Waals surface area contributed by atoms with Gasteiger partial charge in [0.05, 0.1) is 29.3 Å². The summed E-state index contributed by atoms with van der Waals surface area (Å²) >= 11 is 0. The lowest BCUT2D eigenvalue weighted by Crippen LogP contribution is -2.44. The van der Waals surface area contributed by atoms with Gasteiger partial charge in [-0.2, -0.15) is 0 Å². The van der Waals surface area contributed by atoms with Crippen LogP contribution in [0.2, 0.25) is 0 Å². The standard InChI is InChI=1S/C15H19F2N3O3S/c16-15(17)3-4-20(10-15)13-9-11(18)1-2-12(13)14(21)19-5-7-24(22,23)8-6-19/h1-2,9H,3-8,10,18H2. The molecule has 0 aromatic heterocycles. The molecule has 2 heterocycles. The van der Waals surface area contributed by atoms with E-state index in [0.717, 1.165) is 0 Å². The number of amides is 1. The highest BCUT2D eigenvalue weighted by Crippen LogP contribution is 2.34. The van der Waals surface area contributed by atoms with Crippen molar-refractivity contribution < 1.29 is 22.0 Å². The number of alkyl halides is 2. The highest BCUT2D eigenvalue weighted by molar-refractivity contribution is 7.91. The Bertz CT molecular complexity index is 753. The molecule has 2 saturated heterocycles. The number of nitrogen functional groups attached to an aromatic ring is 1. The molecule has 24 heavy (non-hydrogen) atoms. The van der Waals surface area contributed by atoms with Gasteiger partial charge in [0.1, 0.15) is 0 Å². The summed E-state index contributed by atoms with van der Waals surface area (Å²) in [6.07, 6.45) is -0.266. The molecule has 0 radical (unpaired) electrons. The third-order valence-electron chi connectivity index (χ3n) is 4.39. The zero-order valence-corrected chi connectivity index (χ0v) is 13.9. The van der Waals surface area contributed by atoms with Gasteiger partial charge in [0.15, 0.2) is 9.84 Å². The first-order valence-corrected chi connectivity index (χ1v) is 9.51. The van der Waals surface area contributed by atoms with Crippen molar-refractivity contribution in [1.82, 2.24) is 4.90 Å². The van der Waals surface area contributed by atoms with Crippen molar-refractivity contribution in [3.63, 3.8) is 0 Å². The number of carbonyl (C=O) groups is 1. The number of rotatable bonds is 2. The molecule has 2 fully saturated rings. The summed E-state index contributed by atoms with van der Waals surface area (Å²) in [5.41, 5.74) is 6.80. The predicted octanol–water partition coefficient (Wildman–Crippen LogP) is 0.985. The molecule has 3 rings (SSSR count). The van der Waals surface area contributed by atoms with Crippen molar-refractivity contribution in [2.24, 2.45) is 0 Å². The maximum absolute atomic E-state index is 13.5. The van der Waals surface area contributed by atoms with Gasteiger partial charge in [-0.25, -0.2) is 17.2 Å². The van der Waals surface area contributed by atoms with Gasteiger partial charge in [-0.05, 0) is 18.2 Å². The molecule has 0 saturated carbocycles. The second-order valence-electron chi connectivity index (χ2n) is 6.25. The first kappa shape index (κ1) is 16.9. The van der Waals surface area contributed by atoms with Crippen molar-refractivity contribution >= 4 is 27.1 Å². The predicted molar refractivity (Wildman–Crippen MR) is 87.2 cm³/mol.